The summed E-state index contributed by atoms with van der Waals surface area (Å²) in [5, 5.41) is 5.15. The molecular weight excluding hydrogens is 319 g/mol. The van der Waals surface area contributed by atoms with Crippen molar-refractivity contribution in [1.82, 2.24) is 25.3 Å². The average Bonchev–Trinajstić information content (AvgIpc) is 3.01. The summed E-state index contributed by atoms with van der Waals surface area (Å²) in [4.78, 5) is 29.7. The molecule has 8 nitrogen and oxygen atoms in total. The molecule has 0 atom stereocenters. The Morgan fingerprint density at radius 2 is 2.13 bits per heavy atom. The quantitative estimate of drug-likeness (QED) is 0.880. The van der Waals surface area contributed by atoms with Gasteiger partial charge >= 0.3 is 12.2 Å². The van der Waals surface area contributed by atoms with E-state index in [0.717, 1.165) is 12.8 Å². The van der Waals surface area contributed by atoms with Gasteiger partial charge in [0, 0.05) is 6.54 Å². The summed E-state index contributed by atoms with van der Waals surface area (Å²) in [5.41, 5.74) is 0. The van der Waals surface area contributed by atoms with Crippen LogP contribution >= 0.6 is 0 Å². The maximum Gasteiger partial charge on any atom is 0.455 e. The van der Waals surface area contributed by atoms with E-state index in [1.54, 1.807) is 4.90 Å². The zero-order chi connectivity index (χ0) is 16.6. The number of nitrogens with zero attached hydrogens (tertiary/aromatic N) is 4. The van der Waals surface area contributed by atoms with Gasteiger partial charge in [0.25, 0.3) is 5.82 Å². The highest BCUT2D eigenvalue weighted by Gasteiger charge is 2.37. The fourth-order valence-electron chi connectivity index (χ4n) is 2.21. The van der Waals surface area contributed by atoms with E-state index in [0.29, 0.717) is 12.5 Å². The zero-order valence-electron chi connectivity index (χ0n) is 12.0. The highest BCUT2D eigenvalue weighted by atomic mass is 19.4. The molecule has 1 N–H and O–H groups in total. The molecule has 2 fully saturated rings. The largest absolute Gasteiger partial charge is 0.455 e. The van der Waals surface area contributed by atoms with Crippen LogP contribution in [0.3, 0.4) is 0 Å². The van der Waals surface area contributed by atoms with Crippen LogP contribution in [-0.2, 0) is 17.5 Å². The summed E-state index contributed by atoms with van der Waals surface area (Å²) in [6.45, 7) is 0.436. The third-order valence-electron chi connectivity index (χ3n) is 3.60. The Labute approximate surface area is 128 Å². The molecule has 1 aromatic heterocycles. The summed E-state index contributed by atoms with van der Waals surface area (Å²) in [6, 6.07) is -0.566. The Hall–Kier alpha value is -2.33. The number of amides is 3. The first-order valence-corrected chi connectivity index (χ1v) is 7.03. The predicted molar refractivity (Wildman–Crippen MR) is 67.5 cm³/mol. The minimum Gasteiger partial charge on any atom is -0.337 e. The minimum atomic E-state index is -4.70. The van der Waals surface area contributed by atoms with Crippen molar-refractivity contribution < 1.29 is 27.3 Å². The summed E-state index contributed by atoms with van der Waals surface area (Å²) in [5.74, 6) is -1.37. The molecule has 23 heavy (non-hydrogen) atoms. The number of hydrogen-bond acceptors (Lipinski definition) is 5. The molecule has 2 heterocycles. The van der Waals surface area contributed by atoms with Gasteiger partial charge in [-0.3, -0.25) is 9.69 Å². The number of aromatic nitrogens is 2. The summed E-state index contributed by atoms with van der Waals surface area (Å²) < 4.78 is 41.4. The molecule has 126 valence electrons. The Balaban J connectivity index is 1.49. The Morgan fingerprint density at radius 3 is 2.74 bits per heavy atom. The number of halogens is 3. The van der Waals surface area contributed by atoms with Crippen LogP contribution in [0.4, 0.5) is 18.0 Å². The molecule has 1 aromatic rings. The van der Waals surface area contributed by atoms with Crippen LogP contribution in [0.2, 0.25) is 0 Å². The molecule has 2 aliphatic rings. The molecule has 0 unspecified atom stereocenters. The number of alkyl halides is 3. The molecule has 1 aliphatic heterocycles. The molecule has 11 heteroatoms. The molecule has 3 amide bonds. The van der Waals surface area contributed by atoms with Gasteiger partial charge in [-0.15, -0.1) is 0 Å². The van der Waals surface area contributed by atoms with Crippen LogP contribution in [0.15, 0.2) is 4.52 Å². The van der Waals surface area contributed by atoms with Gasteiger partial charge in [0.1, 0.15) is 6.54 Å². The van der Waals surface area contributed by atoms with Crippen molar-refractivity contribution in [3.63, 3.8) is 0 Å². The first-order chi connectivity index (χ1) is 10.8. The van der Waals surface area contributed by atoms with Gasteiger partial charge in [0.2, 0.25) is 11.8 Å². The van der Waals surface area contributed by atoms with Crippen molar-refractivity contribution in [2.45, 2.75) is 25.6 Å². The Kier molecular flexibility index (Phi) is 3.86. The SMILES string of the molecule is O=C1CN(C(=O)NCc2nc(C(F)(F)F)no2)CN1CC1CC1. The normalized spacial score (nSPS) is 18.7. The van der Waals surface area contributed by atoms with Crippen LogP contribution in [-0.4, -0.2) is 51.6 Å². The van der Waals surface area contributed by atoms with E-state index in [4.69, 9.17) is 0 Å². The lowest BCUT2D eigenvalue weighted by molar-refractivity contribution is -0.146. The maximum absolute atomic E-state index is 12.3. The molecule has 0 radical (unpaired) electrons. The van der Waals surface area contributed by atoms with Gasteiger partial charge in [0.05, 0.1) is 13.2 Å². The van der Waals surface area contributed by atoms with E-state index in [1.807, 2.05) is 0 Å². The van der Waals surface area contributed by atoms with Gasteiger partial charge in [0.15, 0.2) is 0 Å². The van der Waals surface area contributed by atoms with E-state index in [1.165, 1.54) is 4.90 Å². The van der Waals surface area contributed by atoms with Gasteiger partial charge in [-0.1, -0.05) is 5.16 Å². The summed E-state index contributed by atoms with van der Waals surface area (Å²) in [7, 11) is 0. The van der Waals surface area contributed by atoms with Crippen LogP contribution in [0.1, 0.15) is 24.6 Å². The van der Waals surface area contributed by atoms with E-state index >= 15 is 0 Å². The first-order valence-electron chi connectivity index (χ1n) is 7.03. The lowest BCUT2D eigenvalue weighted by atomic mass is 10.4. The van der Waals surface area contributed by atoms with E-state index in [-0.39, 0.29) is 31.6 Å². The standard InChI is InChI=1S/C12H14F3N5O3/c13-12(14,15)10-17-8(23-18-10)3-16-11(22)20-5-9(21)19(6-20)4-7-1-2-7/h7H,1-6H2,(H,16,22). The van der Waals surface area contributed by atoms with Crippen molar-refractivity contribution in [3.05, 3.63) is 11.7 Å². The Morgan fingerprint density at radius 1 is 1.39 bits per heavy atom. The summed E-state index contributed by atoms with van der Waals surface area (Å²) in [6.07, 6.45) is -2.51. The second-order valence-electron chi connectivity index (χ2n) is 5.57. The monoisotopic (exact) mass is 333 g/mol. The van der Waals surface area contributed by atoms with Gasteiger partial charge in [-0.25, -0.2) is 4.79 Å². The van der Waals surface area contributed by atoms with Crippen LogP contribution in [0.25, 0.3) is 0 Å². The van der Waals surface area contributed by atoms with Crippen molar-refractivity contribution in [2.24, 2.45) is 5.92 Å². The van der Waals surface area contributed by atoms with Gasteiger partial charge < -0.3 is 14.7 Å². The van der Waals surface area contributed by atoms with Crippen LogP contribution in [0, 0.1) is 5.92 Å². The zero-order valence-corrected chi connectivity index (χ0v) is 12.0. The van der Waals surface area contributed by atoms with E-state index < -0.39 is 18.0 Å². The lowest BCUT2D eigenvalue weighted by Gasteiger charge is -2.17. The number of rotatable bonds is 4. The van der Waals surface area contributed by atoms with Crippen molar-refractivity contribution in [3.8, 4) is 0 Å². The molecule has 0 spiro atoms. The van der Waals surface area contributed by atoms with E-state index in [9.17, 15) is 22.8 Å². The second kappa shape index (κ2) is 5.70. The second-order valence-corrected chi connectivity index (χ2v) is 5.57. The lowest BCUT2D eigenvalue weighted by Crippen LogP contribution is -2.39. The molecule has 3 rings (SSSR count). The number of carbonyl (C=O) groups excluding carboxylic acids is 2. The van der Waals surface area contributed by atoms with Gasteiger partial charge in [-0.2, -0.15) is 18.2 Å². The molecule has 1 saturated carbocycles. The maximum atomic E-state index is 12.3. The number of nitrogens with one attached hydrogen (secondary N) is 1. The topological polar surface area (TPSA) is 91.6 Å². The number of hydrogen-bond donors (Lipinski definition) is 1. The molecule has 0 bridgehead atoms. The third kappa shape index (κ3) is 3.71. The average molecular weight is 333 g/mol. The Bertz CT molecular complexity index is 613. The highest BCUT2D eigenvalue weighted by molar-refractivity contribution is 5.87. The van der Waals surface area contributed by atoms with Crippen LogP contribution in [0.5, 0.6) is 0 Å². The van der Waals surface area contributed by atoms with Gasteiger partial charge in [-0.05, 0) is 18.8 Å². The number of urea groups is 1. The van der Waals surface area contributed by atoms with E-state index in [2.05, 4.69) is 20.0 Å². The molecular formula is C12H14F3N5O3. The fraction of sp³-hybridized carbons (Fsp3) is 0.667. The third-order valence-corrected chi connectivity index (χ3v) is 3.60. The fourth-order valence-corrected chi connectivity index (χ4v) is 2.21. The highest BCUT2D eigenvalue weighted by Crippen LogP contribution is 2.30. The predicted octanol–water partition coefficient (Wildman–Crippen LogP) is 0.810. The smallest absolute Gasteiger partial charge is 0.337 e. The van der Waals surface area contributed by atoms with Crippen molar-refractivity contribution in [1.29, 1.82) is 0 Å². The molecule has 1 saturated heterocycles. The minimum absolute atomic E-state index is 0.0454. The van der Waals surface area contributed by atoms with Crippen LogP contribution < -0.4 is 5.32 Å². The van der Waals surface area contributed by atoms with Crippen molar-refractivity contribution >= 4 is 11.9 Å². The molecule has 1 aliphatic carbocycles. The summed E-state index contributed by atoms with van der Waals surface area (Å²) >= 11 is 0. The molecule has 0 aromatic carbocycles. The number of carbonyl (C=O) groups is 2. The first kappa shape index (κ1) is 15.6. The van der Waals surface area contributed by atoms with Crippen molar-refractivity contribution in [2.75, 3.05) is 19.8 Å².